The fourth-order valence-corrected chi connectivity index (χ4v) is 1.84. The molecule has 0 radical (unpaired) electrons. The first-order chi connectivity index (χ1) is 10.2. The molecular weight excluding hydrogens is 271 g/mol. The van der Waals surface area contributed by atoms with Crippen LogP contribution >= 0.6 is 0 Å². The standard InChI is InChI=1S/C16H17FN2O2/c17-14-7-3-1-6-13(14)10-19-16(20)11-21-15-8-4-2-5-12(15)9-18/h1-8H,9-11,18H2,(H,19,20). The summed E-state index contributed by atoms with van der Waals surface area (Å²) in [6.45, 7) is 0.339. The quantitative estimate of drug-likeness (QED) is 0.854. The molecule has 0 fully saturated rings. The highest BCUT2D eigenvalue weighted by Gasteiger charge is 2.07. The molecule has 3 N–H and O–H groups in total. The topological polar surface area (TPSA) is 64.3 Å². The third kappa shape index (κ3) is 4.29. The van der Waals surface area contributed by atoms with E-state index in [0.717, 1.165) is 5.56 Å². The maximum Gasteiger partial charge on any atom is 0.258 e. The zero-order chi connectivity index (χ0) is 15.1. The van der Waals surface area contributed by atoms with Crippen LogP contribution in [0.2, 0.25) is 0 Å². The van der Waals surface area contributed by atoms with Gasteiger partial charge in [-0.25, -0.2) is 4.39 Å². The van der Waals surface area contributed by atoms with E-state index in [1.807, 2.05) is 18.2 Å². The molecule has 0 unspecified atom stereocenters. The number of hydrogen-bond donors (Lipinski definition) is 2. The van der Waals surface area contributed by atoms with Gasteiger partial charge in [0.2, 0.25) is 0 Å². The summed E-state index contributed by atoms with van der Waals surface area (Å²) in [6, 6.07) is 13.6. The van der Waals surface area contributed by atoms with Crippen molar-refractivity contribution in [3.05, 3.63) is 65.5 Å². The molecule has 2 rings (SSSR count). The lowest BCUT2D eigenvalue weighted by atomic mass is 10.2. The van der Waals surface area contributed by atoms with Crippen molar-refractivity contribution in [2.75, 3.05) is 6.61 Å². The van der Waals surface area contributed by atoms with Gasteiger partial charge >= 0.3 is 0 Å². The van der Waals surface area contributed by atoms with E-state index < -0.39 is 0 Å². The molecule has 0 bridgehead atoms. The van der Waals surface area contributed by atoms with Crippen LogP contribution in [0.3, 0.4) is 0 Å². The molecular formula is C16H17FN2O2. The Morgan fingerprint density at radius 3 is 2.48 bits per heavy atom. The number of ether oxygens (including phenoxy) is 1. The maximum atomic E-state index is 13.4. The molecule has 4 nitrogen and oxygen atoms in total. The molecule has 0 aromatic heterocycles. The predicted molar refractivity (Wildman–Crippen MR) is 78.1 cm³/mol. The number of nitrogens with one attached hydrogen (secondary N) is 1. The van der Waals surface area contributed by atoms with Crippen LogP contribution in [-0.2, 0) is 17.9 Å². The van der Waals surface area contributed by atoms with Crippen molar-refractivity contribution < 1.29 is 13.9 Å². The number of carbonyl (C=O) groups excluding carboxylic acids is 1. The predicted octanol–water partition coefficient (Wildman–Crippen LogP) is 1.98. The van der Waals surface area contributed by atoms with Gasteiger partial charge in [0.25, 0.3) is 5.91 Å². The third-order valence-electron chi connectivity index (χ3n) is 2.99. The second-order valence-corrected chi connectivity index (χ2v) is 4.47. The Morgan fingerprint density at radius 2 is 1.76 bits per heavy atom. The molecule has 1 amide bonds. The number of hydrogen-bond acceptors (Lipinski definition) is 3. The van der Waals surface area contributed by atoms with Gasteiger partial charge < -0.3 is 15.8 Å². The van der Waals surface area contributed by atoms with Crippen LogP contribution in [0.15, 0.2) is 48.5 Å². The minimum absolute atomic E-state index is 0.132. The molecule has 5 heteroatoms. The molecule has 0 aliphatic heterocycles. The lowest BCUT2D eigenvalue weighted by molar-refractivity contribution is -0.123. The first kappa shape index (κ1) is 15.0. The SMILES string of the molecule is NCc1ccccc1OCC(=O)NCc1ccccc1F. The average Bonchev–Trinajstić information content (AvgIpc) is 2.52. The van der Waals surface area contributed by atoms with E-state index in [1.165, 1.54) is 6.07 Å². The molecule has 0 heterocycles. The number of rotatable bonds is 6. The average molecular weight is 288 g/mol. The Hall–Kier alpha value is -2.40. The van der Waals surface area contributed by atoms with Gasteiger partial charge in [0.15, 0.2) is 6.61 Å². The van der Waals surface area contributed by atoms with E-state index in [0.29, 0.717) is 17.9 Å². The van der Waals surface area contributed by atoms with Gasteiger partial charge in [-0.15, -0.1) is 0 Å². The lowest BCUT2D eigenvalue weighted by Gasteiger charge is -2.10. The molecule has 2 aromatic carbocycles. The van der Waals surface area contributed by atoms with Gasteiger partial charge in [-0.2, -0.15) is 0 Å². The van der Waals surface area contributed by atoms with Crippen LogP contribution < -0.4 is 15.8 Å². The second-order valence-electron chi connectivity index (χ2n) is 4.47. The Kier molecular flexibility index (Phi) is 5.29. The summed E-state index contributed by atoms with van der Waals surface area (Å²) in [5.41, 5.74) is 6.86. The molecule has 21 heavy (non-hydrogen) atoms. The van der Waals surface area contributed by atoms with Crippen LogP contribution in [-0.4, -0.2) is 12.5 Å². The van der Waals surface area contributed by atoms with Crippen molar-refractivity contribution in [2.45, 2.75) is 13.1 Å². The first-order valence-corrected chi connectivity index (χ1v) is 6.61. The highest BCUT2D eigenvalue weighted by Crippen LogP contribution is 2.16. The van der Waals surface area contributed by atoms with E-state index in [-0.39, 0.29) is 24.9 Å². The molecule has 2 aromatic rings. The fourth-order valence-electron chi connectivity index (χ4n) is 1.84. The summed E-state index contributed by atoms with van der Waals surface area (Å²) in [5, 5.41) is 2.61. The smallest absolute Gasteiger partial charge is 0.258 e. The summed E-state index contributed by atoms with van der Waals surface area (Å²) >= 11 is 0. The van der Waals surface area contributed by atoms with E-state index in [2.05, 4.69) is 5.32 Å². The monoisotopic (exact) mass is 288 g/mol. The van der Waals surface area contributed by atoms with Gasteiger partial charge in [-0.05, 0) is 12.1 Å². The Labute approximate surface area is 122 Å². The van der Waals surface area contributed by atoms with Crippen molar-refractivity contribution in [1.29, 1.82) is 0 Å². The number of amides is 1. The van der Waals surface area contributed by atoms with E-state index in [4.69, 9.17) is 10.5 Å². The van der Waals surface area contributed by atoms with Crippen LogP contribution in [0.5, 0.6) is 5.75 Å². The minimum atomic E-state index is -0.341. The first-order valence-electron chi connectivity index (χ1n) is 6.61. The minimum Gasteiger partial charge on any atom is -0.483 e. The fraction of sp³-hybridized carbons (Fsp3) is 0.188. The van der Waals surface area contributed by atoms with Crippen molar-refractivity contribution in [1.82, 2.24) is 5.32 Å². The summed E-state index contributed by atoms with van der Waals surface area (Å²) in [5.74, 6) is -0.0710. The summed E-state index contributed by atoms with van der Waals surface area (Å²) in [7, 11) is 0. The van der Waals surface area contributed by atoms with Crippen molar-refractivity contribution in [3.8, 4) is 5.75 Å². The zero-order valence-electron chi connectivity index (χ0n) is 11.5. The van der Waals surface area contributed by atoms with Crippen molar-refractivity contribution in [2.24, 2.45) is 5.73 Å². The van der Waals surface area contributed by atoms with Crippen molar-refractivity contribution in [3.63, 3.8) is 0 Å². The highest BCUT2D eigenvalue weighted by atomic mass is 19.1. The van der Waals surface area contributed by atoms with Crippen LogP contribution in [0.4, 0.5) is 4.39 Å². The Bertz CT molecular complexity index is 617. The highest BCUT2D eigenvalue weighted by molar-refractivity contribution is 5.77. The zero-order valence-corrected chi connectivity index (χ0v) is 11.5. The molecule has 0 spiro atoms. The molecule has 0 aliphatic carbocycles. The van der Waals surface area contributed by atoms with Gasteiger partial charge in [0.05, 0.1) is 0 Å². The van der Waals surface area contributed by atoms with Crippen LogP contribution in [0.25, 0.3) is 0 Å². The summed E-state index contributed by atoms with van der Waals surface area (Å²) in [4.78, 5) is 11.7. The molecule has 0 saturated heterocycles. The largest absolute Gasteiger partial charge is 0.483 e. The normalized spacial score (nSPS) is 10.2. The lowest BCUT2D eigenvalue weighted by Crippen LogP contribution is -2.28. The molecule has 0 atom stereocenters. The van der Waals surface area contributed by atoms with Gasteiger partial charge in [-0.1, -0.05) is 36.4 Å². The van der Waals surface area contributed by atoms with Gasteiger partial charge in [0, 0.05) is 24.2 Å². The number of halogens is 1. The van der Waals surface area contributed by atoms with Gasteiger partial charge in [-0.3, -0.25) is 4.79 Å². The van der Waals surface area contributed by atoms with E-state index >= 15 is 0 Å². The maximum absolute atomic E-state index is 13.4. The molecule has 0 aliphatic rings. The third-order valence-corrected chi connectivity index (χ3v) is 2.99. The van der Waals surface area contributed by atoms with Crippen molar-refractivity contribution >= 4 is 5.91 Å². The van der Waals surface area contributed by atoms with Gasteiger partial charge in [0.1, 0.15) is 11.6 Å². The summed E-state index contributed by atoms with van der Waals surface area (Å²) in [6.07, 6.45) is 0. The molecule has 0 saturated carbocycles. The Balaban J connectivity index is 1.84. The number of carbonyl (C=O) groups is 1. The molecule has 110 valence electrons. The number of benzene rings is 2. The van der Waals surface area contributed by atoms with E-state index in [1.54, 1.807) is 24.3 Å². The van der Waals surface area contributed by atoms with Crippen LogP contribution in [0, 0.1) is 5.82 Å². The number of para-hydroxylation sites is 1. The Morgan fingerprint density at radius 1 is 1.10 bits per heavy atom. The summed E-state index contributed by atoms with van der Waals surface area (Å²) < 4.78 is 18.8. The van der Waals surface area contributed by atoms with E-state index in [9.17, 15) is 9.18 Å². The van der Waals surface area contributed by atoms with Crippen LogP contribution in [0.1, 0.15) is 11.1 Å². The number of nitrogens with two attached hydrogens (primary N) is 1. The second kappa shape index (κ2) is 7.40.